The molecule has 6 heteroatoms. The number of amides is 2. The molecule has 6 nitrogen and oxygen atoms in total. The minimum Gasteiger partial charge on any atom is -0.488 e. The molecule has 1 fully saturated rings. The predicted octanol–water partition coefficient (Wildman–Crippen LogP) is 5.43. The van der Waals surface area contributed by atoms with Crippen LogP contribution in [0.3, 0.4) is 0 Å². The molecule has 0 unspecified atom stereocenters. The number of rotatable bonds is 8. The molecule has 0 N–H and O–H groups in total. The molecule has 1 aliphatic heterocycles. The van der Waals surface area contributed by atoms with E-state index in [9.17, 15) is 9.59 Å². The smallest absolute Gasteiger partial charge is 0.254 e. The summed E-state index contributed by atoms with van der Waals surface area (Å²) >= 11 is 0. The molecule has 3 aromatic rings. The van der Waals surface area contributed by atoms with Gasteiger partial charge >= 0.3 is 0 Å². The van der Waals surface area contributed by atoms with Crippen LogP contribution in [0.4, 0.5) is 0 Å². The topological polar surface area (TPSA) is 62.7 Å². The Kier molecular flexibility index (Phi) is 8.36. The zero-order valence-corrected chi connectivity index (χ0v) is 21.4. The van der Waals surface area contributed by atoms with Crippen molar-refractivity contribution in [2.45, 2.75) is 52.7 Å². The number of piperidine rings is 1. The monoisotopic (exact) mass is 485 g/mol. The van der Waals surface area contributed by atoms with Gasteiger partial charge in [-0.05, 0) is 74.6 Å². The summed E-state index contributed by atoms with van der Waals surface area (Å²) in [5.41, 5.74) is 4.30. The molecule has 0 aliphatic carbocycles. The van der Waals surface area contributed by atoms with E-state index < -0.39 is 0 Å². The standard InChI is InChI=1S/C30H35N3O3/c1-4-15-33(27-12-16-32(17-13-27)29(34)25-10-6-5-7-11-25)30(35)26-18-22(2)28(23(3)19-26)36-21-24-9-8-14-31-20-24/h5-11,14,18-20,27H,4,12-13,15-17,21H2,1-3H3. The van der Waals surface area contributed by atoms with Gasteiger partial charge in [0.15, 0.2) is 0 Å². The molecule has 0 radical (unpaired) electrons. The zero-order valence-electron chi connectivity index (χ0n) is 21.4. The SMILES string of the molecule is CCCN(C(=O)c1cc(C)c(OCc2cccnc2)c(C)c1)C1CCN(C(=O)c2ccccc2)CC1. The first-order valence-corrected chi connectivity index (χ1v) is 12.8. The van der Waals surface area contributed by atoms with Crippen LogP contribution in [0.2, 0.25) is 0 Å². The van der Waals surface area contributed by atoms with Gasteiger partial charge in [0, 0.05) is 54.8 Å². The minimum absolute atomic E-state index is 0.0506. The van der Waals surface area contributed by atoms with Crippen LogP contribution in [-0.4, -0.2) is 52.3 Å². The third kappa shape index (κ3) is 5.93. The number of pyridine rings is 1. The lowest BCUT2D eigenvalue weighted by atomic mass is 9.99. The number of carbonyl (C=O) groups is 2. The van der Waals surface area contributed by atoms with Crippen molar-refractivity contribution in [3.8, 4) is 5.75 Å². The summed E-state index contributed by atoms with van der Waals surface area (Å²) < 4.78 is 6.08. The maximum atomic E-state index is 13.7. The van der Waals surface area contributed by atoms with Gasteiger partial charge in [-0.2, -0.15) is 0 Å². The number of carbonyl (C=O) groups excluding carboxylic acids is 2. The second kappa shape index (κ2) is 11.8. The Bertz CT molecular complexity index is 1150. The van der Waals surface area contributed by atoms with E-state index in [4.69, 9.17) is 4.74 Å². The number of benzene rings is 2. The number of hydrogen-bond donors (Lipinski definition) is 0. The van der Waals surface area contributed by atoms with Gasteiger partial charge in [0.05, 0.1) is 0 Å². The molecule has 4 rings (SSSR count). The van der Waals surface area contributed by atoms with Gasteiger partial charge in [-0.25, -0.2) is 0 Å². The van der Waals surface area contributed by atoms with Crippen molar-refractivity contribution in [2.75, 3.05) is 19.6 Å². The summed E-state index contributed by atoms with van der Waals surface area (Å²) in [7, 11) is 0. The third-order valence-corrected chi connectivity index (χ3v) is 6.75. The molecule has 2 heterocycles. The Morgan fingerprint density at radius 1 is 1.00 bits per heavy atom. The van der Waals surface area contributed by atoms with Crippen LogP contribution in [-0.2, 0) is 6.61 Å². The zero-order chi connectivity index (χ0) is 25.5. The Labute approximate surface area is 213 Å². The van der Waals surface area contributed by atoms with Crippen molar-refractivity contribution in [3.05, 3.63) is 94.8 Å². The molecule has 188 valence electrons. The average molecular weight is 486 g/mol. The van der Waals surface area contributed by atoms with Crippen molar-refractivity contribution >= 4 is 11.8 Å². The lowest BCUT2D eigenvalue weighted by Crippen LogP contribution is -2.49. The van der Waals surface area contributed by atoms with Gasteiger partial charge in [0.1, 0.15) is 12.4 Å². The predicted molar refractivity (Wildman–Crippen MR) is 141 cm³/mol. The van der Waals surface area contributed by atoms with Crippen molar-refractivity contribution in [2.24, 2.45) is 0 Å². The van der Waals surface area contributed by atoms with Crippen LogP contribution in [0, 0.1) is 13.8 Å². The van der Waals surface area contributed by atoms with E-state index in [1.165, 1.54) is 0 Å². The van der Waals surface area contributed by atoms with E-state index in [2.05, 4.69) is 11.9 Å². The highest BCUT2D eigenvalue weighted by atomic mass is 16.5. The highest BCUT2D eigenvalue weighted by molar-refractivity contribution is 5.95. The molecule has 2 amide bonds. The van der Waals surface area contributed by atoms with E-state index in [1.54, 1.807) is 12.4 Å². The van der Waals surface area contributed by atoms with E-state index >= 15 is 0 Å². The number of aromatic nitrogens is 1. The summed E-state index contributed by atoms with van der Waals surface area (Å²) in [6.45, 7) is 8.52. The maximum Gasteiger partial charge on any atom is 0.254 e. The highest BCUT2D eigenvalue weighted by Crippen LogP contribution is 2.28. The van der Waals surface area contributed by atoms with E-state index in [1.807, 2.05) is 78.2 Å². The van der Waals surface area contributed by atoms with Crippen LogP contribution in [0.25, 0.3) is 0 Å². The lowest BCUT2D eigenvalue weighted by Gasteiger charge is -2.38. The number of nitrogens with zero attached hydrogens (tertiary/aromatic N) is 3. The van der Waals surface area contributed by atoms with Crippen molar-refractivity contribution < 1.29 is 14.3 Å². The van der Waals surface area contributed by atoms with Gasteiger partial charge in [0.2, 0.25) is 0 Å². The average Bonchev–Trinajstić information content (AvgIpc) is 2.91. The first-order valence-electron chi connectivity index (χ1n) is 12.8. The molecule has 0 atom stereocenters. The van der Waals surface area contributed by atoms with Crippen LogP contribution < -0.4 is 4.74 Å². The van der Waals surface area contributed by atoms with Gasteiger partial charge in [-0.15, -0.1) is 0 Å². The molecule has 36 heavy (non-hydrogen) atoms. The number of hydrogen-bond acceptors (Lipinski definition) is 4. The minimum atomic E-state index is 0.0506. The quantitative estimate of drug-likeness (QED) is 0.427. The molecule has 2 aromatic carbocycles. The van der Waals surface area contributed by atoms with E-state index in [-0.39, 0.29) is 17.9 Å². The van der Waals surface area contributed by atoms with Crippen LogP contribution in [0.1, 0.15) is 63.6 Å². The fraction of sp³-hybridized carbons (Fsp3) is 0.367. The molecule has 1 aliphatic rings. The number of aryl methyl sites for hydroxylation is 2. The Morgan fingerprint density at radius 3 is 2.31 bits per heavy atom. The summed E-state index contributed by atoms with van der Waals surface area (Å²) in [6.07, 6.45) is 6.00. The second-order valence-corrected chi connectivity index (χ2v) is 9.48. The molecule has 0 saturated carbocycles. The summed E-state index contributed by atoms with van der Waals surface area (Å²) in [4.78, 5) is 34.6. The Hall–Kier alpha value is -3.67. The first kappa shape index (κ1) is 25.4. The van der Waals surface area contributed by atoms with Crippen molar-refractivity contribution in [1.29, 1.82) is 0 Å². The Balaban J connectivity index is 1.43. The number of likely N-dealkylation sites (tertiary alicyclic amines) is 1. The molecular weight excluding hydrogens is 450 g/mol. The molecule has 1 aromatic heterocycles. The fourth-order valence-electron chi connectivity index (χ4n) is 4.94. The second-order valence-electron chi connectivity index (χ2n) is 9.48. The van der Waals surface area contributed by atoms with E-state index in [0.717, 1.165) is 41.7 Å². The summed E-state index contributed by atoms with van der Waals surface area (Å²) in [5.74, 6) is 0.926. The molecule has 0 bridgehead atoms. The first-order chi connectivity index (χ1) is 17.5. The van der Waals surface area contributed by atoms with Gasteiger partial charge < -0.3 is 14.5 Å². The van der Waals surface area contributed by atoms with Crippen molar-refractivity contribution in [1.82, 2.24) is 14.8 Å². The third-order valence-electron chi connectivity index (χ3n) is 6.75. The molecule has 0 spiro atoms. The van der Waals surface area contributed by atoms with Gasteiger partial charge in [0.25, 0.3) is 11.8 Å². The maximum absolute atomic E-state index is 13.7. The lowest BCUT2D eigenvalue weighted by molar-refractivity contribution is 0.0519. The number of ether oxygens (including phenoxy) is 1. The van der Waals surface area contributed by atoms with Crippen LogP contribution >= 0.6 is 0 Å². The highest BCUT2D eigenvalue weighted by Gasteiger charge is 2.30. The fourth-order valence-corrected chi connectivity index (χ4v) is 4.94. The molecular formula is C30H35N3O3. The van der Waals surface area contributed by atoms with Crippen LogP contribution in [0.5, 0.6) is 5.75 Å². The molecule has 1 saturated heterocycles. The van der Waals surface area contributed by atoms with Crippen molar-refractivity contribution in [3.63, 3.8) is 0 Å². The summed E-state index contributed by atoms with van der Waals surface area (Å²) in [6, 6.07) is 17.3. The van der Waals surface area contributed by atoms with E-state index in [0.29, 0.717) is 37.4 Å². The van der Waals surface area contributed by atoms with Gasteiger partial charge in [-0.3, -0.25) is 14.6 Å². The largest absolute Gasteiger partial charge is 0.488 e. The Morgan fingerprint density at radius 2 is 1.69 bits per heavy atom. The summed E-state index contributed by atoms with van der Waals surface area (Å²) in [5, 5.41) is 0. The van der Waals surface area contributed by atoms with Crippen LogP contribution in [0.15, 0.2) is 67.0 Å². The van der Waals surface area contributed by atoms with Gasteiger partial charge in [-0.1, -0.05) is 31.2 Å². The normalized spacial score (nSPS) is 13.9.